The molecule has 0 bridgehead atoms. The number of nitrogens with one attached hydrogen (secondary N) is 1. The van der Waals surface area contributed by atoms with Gasteiger partial charge in [0.15, 0.2) is 28.2 Å². The van der Waals surface area contributed by atoms with E-state index >= 15 is 0 Å². The molecule has 0 aromatic carbocycles. The van der Waals surface area contributed by atoms with Gasteiger partial charge in [0, 0.05) is 0 Å². The number of hydrogen-bond acceptors (Lipinski definition) is 9. The summed E-state index contributed by atoms with van der Waals surface area (Å²) < 4.78 is 17.6. The van der Waals surface area contributed by atoms with E-state index < -0.39 is 37.9 Å². The molecule has 5 N–H and O–H groups in total. The third-order valence-electron chi connectivity index (χ3n) is 3.79. The number of aliphatic hydroxyl groups excluding tert-OH is 1. The van der Waals surface area contributed by atoms with Crippen LogP contribution in [0.1, 0.15) is 6.23 Å². The van der Waals surface area contributed by atoms with Gasteiger partial charge in [0.25, 0.3) is 5.56 Å². The Morgan fingerprint density at radius 3 is 3.00 bits per heavy atom. The molecular formula is C10H11BBrN5O6P+. The van der Waals surface area contributed by atoms with Crippen LogP contribution in [0.5, 0.6) is 0 Å². The minimum atomic E-state index is -3.49. The fourth-order valence-electron chi connectivity index (χ4n) is 2.78. The molecule has 126 valence electrons. The summed E-state index contributed by atoms with van der Waals surface area (Å²) in [5.74, 6) is -0.104. The fourth-order valence-corrected chi connectivity index (χ4v) is 4.36. The van der Waals surface area contributed by atoms with Crippen LogP contribution in [0, 0.1) is 0 Å². The van der Waals surface area contributed by atoms with Gasteiger partial charge in [-0.2, -0.15) is 14.0 Å². The van der Waals surface area contributed by atoms with Crippen LogP contribution in [0.25, 0.3) is 11.2 Å². The number of aliphatic hydroxyl groups is 1. The van der Waals surface area contributed by atoms with Gasteiger partial charge < -0.3 is 15.6 Å². The molecule has 2 radical (unpaired) electrons. The highest BCUT2D eigenvalue weighted by Gasteiger charge is 2.57. The van der Waals surface area contributed by atoms with Gasteiger partial charge in [0.2, 0.25) is 5.95 Å². The number of nitrogens with two attached hydrogens (primary N) is 1. The standard InChI is InChI=1S/C10H11BBrN5O6P/c11-24(20)21-1-2-5(23-24)4(18)8(22-2)17-6-3(14-9(17)12)7(19)16-10(13)15-6/h2,4-5,8,18,20H,1H2,(H3,13,15,16,19)/q+1/t2-,4?,5-,8-,24?/m1/s1. The number of fused-ring (bicyclic) bond motifs is 2. The highest BCUT2D eigenvalue weighted by atomic mass is 79.9. The number of anilines is 1. The highest BCUT2D eigenvalue weighted by molar-refractivity contribution is 9.10. The van der Waals surface area contributed by atoms with Gasteiger partial charge in [-0.3, -0.25) is 14.3 Å². The van der Waals surface area contributed by atoms with E-state index in [-0.39, 0.29) is 28.5 Å². The SMILES string of the molecule is [B][P+]1(O)OC[C@H]2O[C@@H](n3c(Br)nc4c(=O)[nH]c(N)nc43)C(O)[C@@H]2O1. The van der Waals surface area contributed by atoms with Gasteiger partial charge in [-0.1, -0.05) is 0 Å². The summed E-state index contributed by atoms with van der Waals surface area (Å²) in [6.45, 7) is -0.0423. The molecule has 5 atom stereocenters. The summed E-state index contributed by atoms with van der Waals surface area (Å²) in [5, 5.41) is 10.5. The summed E-state index contributed by atoms with van der Waals surface area (Å²) >= 11 is 3.22. The number of ether oxygens (including phenoxy) is 1. The quantitative estimate of drug-likeness (QED) is 0.258. The number of aromatic nitrogens is 4. The van der Waals surface area contributed by atoms with Crippen LogP contribution in [0.4, 0.5) is 5.95 Å². The smallest absolute Gasteiger partial charge is 0.385 e. The summed E-state index contributed by atoms with van der Waals surface area (Å²) in [7, 11) is 1.98. The molecule has 24 heavy (non-hydrogen) atoms. The highest BCUT2D eigenvalue weighted by Crippen LogP contribution is 2.58. The van der Waals surface area contributed by atoms with E-state index in [4.69, 9.17) is 27.1 Å². The van der Waals surface area contributed by atoms with Crippen molar-refractivity contribution < 1.29 is 23.8 Å². The van der Waals surface area contributed by atoms with Crippen molar-refractivity contribution in [2.75, 3.05) is 12.3 Å². The Hall–Kier alpha value is -1.08. The molecule has 2 aliphatic heterocycles. The third-order valence-corrected chi connectivity index (χ3v) is 5.41. The first-order valence-corrected chi connectivity index (χ1v) is 9.21. The lowest BCUT2D eigenvalue weighted by molar-refractivity contribution is -0.0610. The first-order chi connectivity index (χ1) is 11.3. The van der Waals surface area contributed by atoms with Gasteiger partial charge in [0.05, 0.1) is 0 Å². The van der Waals surface area contributed by atoms with E-state index in [0.717, 1.165) is 0 Å². The van der Waals surface area contributed by atoms with Gasteiger partial charge in [-0.05, 0) is 15.9 Å². The minimum Gasteiger partial charge on any atom is -0.385 e. The summed E-state index contributed by atoms with van der Waals surface area (Å²) in [6, 6.07) is 0. The number of nitrogens with zero attached hydrogens (tertiary/aromatic N) is 3. The summed E-state index contributed by atoms with van der Waals surface area (Å²) in [5.41, 5.74) is 5.21. The number of nitrogen functional groups attached to an aromatic ring is 1. The molecule has 2 aromatic heterocycles. The van der Waals surface area contributed by atoms with Crippen LogP contribution < -0.4 is 11.3 Å². The lowest BCUT2D eigenvalue weighted by Gasteiger charge is -2.27. The Bertz CT molecular complexity index is 875. The first-order valence-electron chi connectivity index (χ1n) is 6.77. The lowest BCUT2D eigenvalue weighted by Crippen LogP contribution is -2.40. The molecule has 0 spiro atoms. The van der Waals surface area contributed by atoms with Crippen molar-refractivity contribution in [3.05, 3.63) is 15.1 Å². The zero-order valence-corrected chi connectivity index (χ0v) is 14.3. The first kappa shape index (κ1) is 16.4. The van der Waals surface area contributed by atoms with Crippen LogP contribution in [-0.4, -0.2) is 62.0 Å². The zero-order valence-electron chi connectivity index (χ0n) is 11.9. The van der Waals surface area contributed by atoms with Crippen LogP contribution in [0.15, 0.2) is 9.53 Å². The van der Waals surface area contributed by atoms with Crippen molar-refractivity contribution in [2.24, 2.45) is 0 Å². The molecule has 2 saturated heterocycles. The Morgan fingerprint density at radius 1 is 1.50 bits per heavy atom. The molecule has 2 unspecified atom stereocenters. The van der Waals surface area contributed by atoms with Crippen LogP contribution in [0.2, 0.25) is 0 Å². The number of H-pyrrole nitrogens is 1. The van der Waals surface area contributed by atoms with Crippen molar-refractivity contribution in [1.29, 1.82) is 0 Å². The monoisotopic (exact) mass is 418 g/mol. The average Bonchev–Trinajstić information content (AvgIpc) is 2.96. The fraction of sp³-hybridized carbons (Fsp3) is 0.500. The van der Waals surface area contributed by atoms with Crippen molar-refractivity contribution in [1.82, 2.24) is 19.5 Å². The van der Waals surface area contributed by atoms with Crippen molar-refractivity contribution in [3.63, 3.8) is 0 Å². The predicted molar refractivity (Wildman–Crippen MR) is 85.9 cm³/mol. The predicted octanol–water partition coefficient (Wildman–Crippen LogP) is -1.02. The Balaban J connectivity index is 1.79. The maximum atomic E-state index is 11.9. The van der Waals surface area contributed by atoms with E-state index in [1.807, 2.05) is 0 Å². The number of aromatic amines is 1. The van der Waals surface area contributed by atoms with E-state index in [9.17, 15) is 14.8 Å². The maximum absolute atomic E-state index is 11.9. The lowest BCUT2D eigenvalue weighted by atomic mass is 10.1. The van der Waals surface area contributed by atoms with Gasteiger partial charge >= 0.3 is 15.4 Å². The van der Waals surface area contributed by atoms with Crippen molar-refractivity contribution in [2.45, 2.75) is 24.5 Å². The van der Waals surface area contributed by atoms with E-state index in [1.54, 1.807) is 0 Å². The molecule has 4 heterocycles. The third kappa shape index (κ3) is 2.48. The van der Waals surface area contributed by atoms with E-state index in [0.29, 0.717) is 0 Å². The number of imidazole rings is 1. The Kier molecular flexibility index (Phi) is 3.73. The molecule has 0 aliphatic carbocycles. The molecule has 4 rings (SSSR count). The normalized spacial score (nSPS) is 36.1. The number of halogens is 1. The molecule has 11 nitrogen and oxygen atoms in total. The maximum Gasteiger partial charge on any atom is 0.488 e. The van der Waals surface area contributed by atoms with E-state index in [1.165, 1.54) is 4.57 Å². The van der Waals surface area contributed by atoms with Crippen LogP contribution in [0.3, 0.4) is 0 Å². The Morgan fingerprint density at radius 2 is 2.25 bits per heavy atom. The van der Waals surface area contributed by atoms with Crippen LogP contribution >= 0.6 is 23.8 Å². The van der Waals surface area contributed by atoms with Gasteiger partial charge in [-0.25, -0.2) is 9.88 Å². The second-order valence-electron chi connectivity index (χ2n) is 5.36. The number of rotatable bonds is 1. The zero-order chi connectivity index (χ0) is 17.2. The molecule has 2 aliphatic rings. The van der Waals surface area contributed by atoms with Gasteiger partial charge in [0.1, 0.15) is 18.8 Å². The number of hydrogen-bond donors (Lipinski definition) is 4. The second kappa shape index (κ2) is 5.46. The van der Waals surface area contributed by atoms with E-state index in [2.05, 4.69) is 30.9 Å². The molecule has 2 fully saturated rings. The van der Waals surface area contributed by atoms with Crippen LogP contribution in [-0.2, 0) is 13.8 Å². The van der Waals surface area contributed by atoms with Crippen molar-refractivity contribution in [3.8, 4) is 0 Å². The molecule has 2 aromatic rings. The topological polar surface area (TPSA) is 158 Å². The average molecular weight is 419 g/mol. The molecule has 0 saturated carbocycles. The molecular weight excluding hydrogens is 408 g/mol. The summed E-state index contributed by atoms with van der Waals surface area (Å²) in [6.07, 6.45) is -3.74. The second-order valence-corrected chi connectivity index (χ2v) is 7.67. The largest absolute Gasteiger partial charge is 0.488 e. The molecule has 0 amide bonds. The molecule has 14 heteroatoms. The summed E-state index contributed by atoms with van der Waals surface area (Å²) in [4.78, 5) is 32.1. The Labute approximate surface area is 144 Å². The van der Waals surface area contributed by atoms with Crippen molar-refractivity contribution >= 4 is 48.4 Å². The van der Waals surface area contributed by atoms with Gasteiger partial charge in [-0.15, -0.1) is 0 Å². The minimum absolute atomic E-state index is 0.0294.